The van der Waals surface area contributed by atoms with E-state index in [1.807, 2.05) is 19.1 Å². The Morgan fingerprint density at radius 1 is 1.20 bits per heavy atom. The first-order valence-corrected chi connectivity index (χ1v) is 5.78. The third-order valence-electron chi connectivity index (χ3n) is 2.13. The van der Waals surface area contributed by atoms with E-state index in [1.165, 1.54) is 0 Å². The second-order valence-corrected chi connectivity index (χ2v) is 3.71. The minimum Gasteiger partial charge on any atom is -0.862 e. The summed E-state index contributed by atoms with van der Waals surface area (Å²) in [4.78, 5) is 24.4. The first-order chi connectivity index (χ1) is 8.47. The van der Waals surface area contributed by atoms with Crippen LogP contribution >= 0.6 is 0 Å². The molecule has 20 heavy (non-hydrogen) atoms. The summed E-state index contributed by atoms with van der Waals surface area (Å²) in [6.07, 6.45) is 4.57. The van der Waals surface area contributed by atoms with Gasteiger partial charge in [0.1, 0.15) is 6.04 Å². The molecule has 0 saturated heterocycles. The van der Waals surface area contributed by atoms with E-state index in [4.69, 9.17) is 5.11 Å². The first kappa shape index (κ1) is 25.1. The monoisotopic (exact) mass is 301 g/mol. The van der Waals surface area contributed by atoms with Crippen LogP contribution in [-0.2, 0) is 9.59 Å². The number of aliphatic carboxylic acids is 2. The van der Waals surface area contributed by atoms with Gasteiger partial charge in [-0.2, -0.15) is 0 Å². The number of carbonyl (C=O) groups is 2. The zero-order valence-electron chi connectivity index (χ0n) is 12.3. The van der Waals surface area contributed by atoms with Crippen LogP contribution in [0.4, 0.5) is 0 Å². The number of rotatable bonds is 9. The van der Waals surface area contributed by atoms with Gasteiger partial charge in [0.25, 0.3) is 0 Å². The van der Waals surface area contributed by atoms with Crippen molar-refractivity contribution in [3.8, 4) is 0 Å². The van der Waals surface area contributed by atoms with Crippen molar-refractivity contribution in [2.45, 2.75) is 45.1 Å². The van der Waals surface area contributed by atoms with Gasteiger partial charge in [0.05, 0.1) is 0 Å². The molecular formula is C12H17NNa2O5. The summed E-state index contributed by atoms with van der Waals surface area (Å²) in [5.74, 6) is -3.18. The summed E-state index contributed by atoms with van der Waals surface area (Å²) in [7, 11) is 0. The van der Waals surface area contributed by atoms with Gasteiger partial charge in [0.2, 0.25) is 0 Å². The molecule has 0 bridgehead atoms. The summed E-state index contributed by atoms with van der Waals surface area (Å²) in [5.41, 5.74) is 0. The van der Waals surface area contributed by atoms with Gasteiger partial charge in [-0.25, -0.2) is 4.79 Å². The zero-order valence-corrected chi connectivity index (χ0v) is 16.3. The van der Waals surface area contributed by atoms with Crippen LogP contribution in [0.15, 0.2) is 17.1 Å². The molecule has 0 aromatic rings. The zero-order chi connectivity index (χ0) is 14.0. The van der Waals surface area contributed by atoms with Crippen LogP contribution in [0.3, 0.4) is 0 Å². The summed E-state index contributed by atoms with van der Waals surface area (Å²) >= 11 is 0. The Morgan fingerprint density at radius 2 is 1.80 bits per heavy atom. The first-order valence-electron chi connectivity index (χ1n) is 5.78. The quantitative estimate of drug-likeness (QED) is 0.197. The standard InChI is InChI=1S/C12H19NO5.2Na/c1-2-3-4-5-6-10(14)13-9(12(17)18)7-8-11(15)16;;/h3-4,9H,2,5-8H2,1H3,(H,13,14)(H,15,16)(H,17,18);;/q;2*+1/p-2/b4-3+;;/t9-;;/m0../s1. The van der Waals surface area contributed by atoms with Gasteiger partial charge < -0.3 is 20.1 Å². The van der Waals surface area contributed by atoms with E-state index in [9.17, 15) is 19.8 Å². The fraction of sp³-hybridized carbons (Fsp3) is 0.583. The molecule has 0 aliphatic carbocycles. The maximum absolute atomic E-state index is 11.3. The van der Waals surface area contributed by atoms with E-state index >= 15 is 0 Å². The summed E-state index contributed by atoms with van der Waals surface area (Å²) in [6, 6.07) is -1.30. The maximum atomic E-state index is 11.3. The van der Waals surface area contributed by atoms with Crippen LogP contribution in [0.25, 0.3) is 0 Å². The van der Waals surface area contributed by atoms with Crippen LogP contribution in [0.2, 0.25) is 0 Å². The molecule has 1 N–H and O–H groups in total. The maximum Gasteiger partial charge on any atom is 1.00 e. The van der Waals surface area contributed by atoms with E-state index in [0.29, 0.717) is 6.42 Å². The number of allylic oxidation sites excluding steroid dienone is 2. The van der Waals surface area contributed by atoms with Crippen LogP contribution in [0, 0.1) is 0 Å². The predicted molar refractivity (Wildman–Crippen MR) is 61.8 cm³/mol. The van der Waals surface area contributed by atoms with Crippen molar-refractivity contribution in [2.24, 2.45) is 4.99 Å². The molecule has 0 rings (SSSR count). The Labute approximate surface area is 162 Å². The number of nitrogens with zero attached hydrogens (tertiary/aromatic N) is 1. The van der Waals surface area contributed by atoms with Crippen molar-refractivity contribution in [1.29, 1.82) is 0 Å². The van der Waals surface area contributed by atoms with E-state index in [0.717, 1.165) is 6.42 Å². The Balaban J connectivity index is -0.00000144. The smallest absolute Gasteiger partial charge is 0.862 e. The summed E-state index contributed by atoms with van der Waals surface area (Å²) in [5, 5.41) is 30.3. The molecule has 0 amide bonds. The third kappa shape index (κ3) is 14.6. The molecular weight excluding hydrogens is 284 g/mol. The minimum atomic E-state index is -1.35. The molecule has 0 unspecified atom stereocenters. The fourth-order valence-electron chi connectivity index (χ4n) is 1.23. The van der Waals surface area contributed by atoms with Crippen LogP contribution in [-0.4, -0.2) is 29.0 Å². The van der Waals surface area contributed by atoms with Gasteiger partial charge in [-0.05, 0) is 38.0 Å². The van der Waals surface area contributed by atoms with Gasteiger partial charge in [0, 0.05) is 5.97 Å². The second-order valence-electron chi connectivity index (χ2n) is 3.71. The SMILES string of the molecule is CC/C=C/CCC([O-])=N[C@@H](CCC(=O)[O-])C(=O)O.[Na+].[Na+]. The van der Waals surface area contributed by atoms with Crippen molar-refractivity contribution < 1.29 is 84.0 Å². The molecule has 0 spiro atoms. The normalized spacial score (nSPS) is 12.3. The molecule has 1 atom stereocenters. The average molecular weight is 301 g/mol. The van der Waals surface area contributed by atoms with Crippen LogP contribution < -0.4 is 69.3 Å². The molecule has 0 saturated carbocycles. The van der Waals surface area contributed by atoms with E-state index in [1.54, 1.807) is 0 Å². The molecule has 0 aromatic carbocycles. The second kappa shape index (κ2) is 15.5. The molecule has 0 heterocycles. The van der Waals surface area contributed by atoms with E-state index < -0.39 is 30.3 Å². The summed E-state index contributed by atoms with van der Waals surface area (Å²) < 4.78 is 0. The number of carboxylic acids is 2. The Morgan fingerprint density at radius 3 is 2.25 bits per heavy atom. The third-order valence-corrected chi connectivity index (χ3v) is 2.13. The molecule has 0 aliphatic heterocycles. The Bertz CT molecular complexity index is 345. The molecule has 0 aliphatic rings. The predicted octanol–water partition coefficient (Wildman–Crippen LogP) is -6.52. The van der Waals surface area contributed by atoms with Crippen molar-refractivity contribution in [1.82, 2.24) is 0 Å². The van der Waals surface area contributed by atoms with Gasteiger partial charge in [-0.15, -0.1) is 0 Å². The number of aliphatic imine (C=N–C) groups is 1. The van der Waals surface area contributed by atoms with Crippen molar-refractivity contribution in [2.75, 3.05) is 0 Å². The molecule has 102 valence electrons. The van der Waals surface area contributed by atoms with Gasteiger partial charge in [0.15, 0.2) is 0 Å². The number of hydrogen-bond acceptors (Lipinski definition) is 5. The molecule has 0 aromatic heterocycles. The van der Waals surface area contributed by atoms with E-state index in [2.05, 4.69) is 4.99 Å². The van der Waals surface area contributed by atoms with Gasteiger partial charge in [-0.3, -0.25) is 4.99 Å². The average Bonchev–Trinajstić information content (AvgIpc) is 2.29. The fourth-order valence-corrected chi connectivity index (χ4v) is 1.23. The van der Waals surface area contributed by atoms with Crippen molar-refractivity contribution in [3.05, 3.63) is 12.2 Å². The number of hydrogen-bond donors (Lipinski definition) is 1. The van der Waals surface area contributed by atoms with Crippen molar-refractivity contribution in [3.63, 3.8) is 0 Å². The molecule has 8 heteroatoms. The minimum absolute atomic E-state index is 0. The molecule has 6 nitrogen and oxygen atoms in total. The van der Waals surface area contributed by atoms with Crippen molar-refractivity contribution >= 4 is 17.8 Å². The van der Waals surface area contributed by atoms with Gasteiger partial charge in [-0.1, -0.05) is 19.1 Å². The van der Waals surface area contributed by atoms with E-state index in [-0.39, 0.29) is 72.0 Å². The Hall–Kier alpha value is 0.150. The molecule has 0 fully saturated rings. The Kier molecular flexibility index (Phi) is 19.5. The van der Waals surface area contributed by atoms with Crippen LogP contribution in [0.1, 0.15) is 39.0 Å². The largest absolute Gasteiger partial charge is 1.00 e. The number of carboxylic acid groups (broad SMARTS) is 2. The number of carbonyl (C=O) groups excluding carboxylic acids is 1. The van der Waals surface area contributed by atoms with Crippen LogP contribution in [0.5, 0.6) is 0 Å². The topological polar surface area (TPSA) is 113 Å². The molecule has 0 radical (unpaired) electrons. The summed E-state index contributed by atoms with van der Waals surface area (Å²) in [6.45, 7) is 1.96. The van der Waals surface area contributed by atoms with Gasteiger partial charge >= 0.3 is 65.1 Å².